The highest BCUT2D eigenvalue weighted by Crippen LogP contribution is 2.43. The van der Waals surface area contributed by atoms with Crippen molar-refractivity contribution in [1.29, 1.82) is 0 Å². The Kier molecular flexibility index (Phi) is 16.5. The minimum absolute atomic E-state index is 0.176. The predicted octanol–water partition coefficient (Wildman–Crippen LogP) is 22.5. The molecule has 0 aliphatic carbocycles. The second kappa shape index (κ2) is 29.0. The van der Waals surface area contributed by atoms with E-state index in [1.807, 2.05) is 67.1 Å². The zero-order valence-corrected chi connectivity index (χ0v) is 63.0. The molecule has 0 aliphatic heterocycles. The molecule has 12 nitrogen and oxygen atoms in total. The fourth-order valence-electron chi connectivity index (χ4n) is 15.3. The summed E-state index contributed by atoms with van der Waals surface area (Å²) in [7, 11) is 8.08. The first-order valence-corrected chi connectivity index (χ1v) is 36.4. The number of fused-ring (bicyclic) bond motifs is 12. The lowest BCUT2D eigenvalue weighted by atomic mass is 9.95. The van der Waals surface area contributed by atoms with Gasteiger partial charge in [0.2, 0.25) is 45.6 Å². The zero-order valence-electron chi connectivity index (χ0n) is 70.0. The number of rotatable bonds is 8. The fraction of sp³-hybridized carbons (Fsp3) is 0.155. The summed E-state index contributed by atoms with van der Waals surface area (Å²) in [6, 6.07) is 73.8. The van der Waals surface area contributed by atoms with Crippen LogP contribution in [0.25, 0.3) is 167 Å². The highest BCUT2D eigenvalue weighted by atomic mass is 16.4. The van der Waals surface area contributed by atoms with Crippen molar-refractivity contribution in [1.82, 2.24) is 19.9 Å². The SMILES string of the molecule is Cc1cc(-c2c(C)ccc3c2oc2ncccc23)[n+](C)cc1-c1ccccc1.Cc1cc(C)c2c(oc3ncccc32)c1-c1ccc(-c2ccccc2)c[n+]1C.Cc1ccc2c(oc3ncccc32)c1-c1ccc(-c2ccccc2)c[n+]1C.[2H]C([2H])([2H])c1cc(C)c(-c2cc(C([2H])(C)C([2H])([2H])[2H])cc[n+]2C)c2oc3nc(C)ccc3c12. The van der Waals surface area contributed by atoms with Gasteiger partial charge in [0.25, 0.3) is 0 Å². The second-order valence-electron chi connectivity index (χ2n) is 28.3. The molecule has 0 saturated heterocycles. The van der Waals surface area contributed by atoms with Crippen molar-refractivity contribution in [3.05, 3.63) is 312 Å². The number of aryl methyl sites for hydroxylation is 12. The quantitative estimate of drug-likeness (QED) is 0.138. The molecule has 0 N–H and O–H groups in total. The highest BCUT2D eigenvalue weighted by Gasteiger charge is 2.28. The van der Waals surface area contributed by atoms with Crippen LogP contribution < -0.4 is 18.3 Å². The van der Waals surface area contributed by atoms with Crippen molar-refractivity contribution in [2.24, 2.45) is 28.2 Å². The third-order valence-electron chi connectivity index (χ3n) is 20.8. The van der Waals surface area contributed by atoms with E-state index in [9.17, 15) is 0 Å². The van der Waals surface area contributed by atoms with E-state index in [-0.39, 0.29) is 5.56 Å². The summed E-state index contributed by atoms with van der Waals surface area (Å²) in [5.74, 6) is -1.83. The summed E-state index contributed by atoms with van der Waals surface area (Å²) in [5, 5.41) is 7.61. The van der Waals surface area contributed by atoms with Gasteiger partial charge in [0.1, 0.15) is 28.2 Å². The Bertz CT molecular complexity index is 7050. The standard InChI is InChI=1S/2C25H21N2O.C24H19N2O.C23H25N2O/c1-16-14-17(2)23(24-22(16)20-10-7-13-26-25(20)28-24)21-12-11-19(15-27(21)3)18-8-5-4-6-9-18;1-16-11-12-19-20-10-7-13-26-25(20)28-24(19)23(16)22-14-17(2)21(15-27(22)3)18-8-5-4-6-9-18;1-16-10-12-19-20-9-6-14-25-24(20)27-23(19)22(16)21-13-11-18(15-26(21)2)17-7-4-3-5-8-17;1-13(2)17-9-10-25(6)19(12-17)21-15(4)11-14(3)20-18-8-7-16(5)24-23(18)26-22(20)21/h2*4-15H,1-3H3;3-15H,1-2H3;7-13H,1-6H3/q4*+1/i;;;1D3,3D3,13D. The molecule has 0 radical (unpaired) electrons. The van der Waals surface area contributed by atoms with E-state index >= 15 is 0 Å². The normalized spacial score (nSPS) is 13.2. The van der Waals surface area contributed by atoms with Crippen molar-refractivity contribution in [2.45, 2.75) is 75.0 Å². The Balaban J connectivity index is 0.000000116. The van der Waals surface area contributed by atoms with Crippen molar-refractivity contribution < 1.29 is 45.5 Å². The van der Waals surface area contributed by atoms with Gasteiger partial charge in [0.15, 0.2) is 47.1 Å². The first kappa shape index (κ1) is 62.2. The Hall–Kier alpha value is -13.1. The molecule has 12 aromatic heterocycles. The van der Waals surface area contributed by atoms with Crippen LogP contribution in [0.1, 0.15) is 79.5 Å². The molecule has 19 rings (SSSR count). The lowest BCUT2D eigenvalue weighted by Crippen LogP contribution is -2.31. The van der Waals surface area contributed by atoms with E-state index in [0.717, 1.165) is 88.5 Å². The Morgan fingerprint density at radius 3 is 1.32 bits per heavy atom. The van der Waals surface area contributed by atoms with Crippen LogP contribution >= 0.6 is 0 Å². The summed E-state index contributed by atoms with van der Waals surface area (Å²) in [6.45, 7) is 10.8. The molecule has 0 bridgehead atoms. The molecule has 7 aromatic carbocycles. The number of benzene rings is 7. The van der Waals surface area contributed by atoms with Gasteiger partial charge < -0.3 is 17.7 Å². The first-order chi connectivity index (χ1) is 55.6. The summed E-state index contributed by atoms with van der Waals surface area (Å²) in [4.78, 5) is 17.7. The fourth-order valence-corrected chi connectivity index (χ4v) is 15.3. The number of pyridine rings is 8. The van der Waals surface area contributed by atoms with Gasteiger partial charge in [-0.05, 0) is 183 Å². The summed E-state index contributed by atoms with van der Waals surface area (Å²) in [5.41, 5.74) is 28.7. The molecule has 0 amide bonds. The van der Waals surface area contributed by atoms with Gasteiger partial charge in [-0.2, -0.15) is 0 Å². The monoisotopic (exact) mass is 1430 g/mol. The minimum atomic E-state index is -2.53. The highest BCUT2D eigenvalue weighted by molar-refractivity contribution is 6.13. The molecule has 19 aromatic rings. The zero-order chi connectivity index (χ0) is 81.4. The van der Waals surface area contributed by atoms with Crippen molar-refractivity contribution in [3.8, 4) is 78.4 Å². The summed E-state index contributed by atoms with van der Waals surface area (Å²) < 4.78 is 89.3. The average Bonchev–Trinajstić information content (AvgIpc) is 1.56. The lowest BCUT2D eigenvalue weighted by molar-refractivity contribution is -0.660. The minimum Gasteiger partial charge on any atom is -0.437 e. The largest absolute Gasteiger partial charge is 0.437 e. The van der Waals surface area contributed by atoms with Crippen LogP contribution in [0.4, 0.5) is 0 Å². The third-order valence-corrected chi connectivity index (χ3v) is 20.8. The van der Waals surface area contributed by atoms with Crippen molar-refractivity contribution in [2.75, 3.05) is 0 Å². The number of nitrogens with zero attached hydrogens (tertiary/aromatic N) is 8. The van der Waals surface area contributed by atoms with E-state index in [1.165, 1.54) is 68.1 Å². The lowest BCUT2D eigenvalue weighted by Gasteiger charge is -2.10. The van der Waals surface area contributed by atoms with Crippen LogP contribution in [0.5, 0.6) is 0 Å². The van der Waals surface area contributed by atoms with E-state index < -0.39 is 19.6 Å². The van der Waals surface area contributed by atoms with Crippen LogP contribution in [0.15, 0.2) is 279 Å². The molecule has 1 unspecified atom stereocenters. The molecule has 12 heteroatoms. The molecule has 12 heterocycles. The van der Waals surface area contributed by atoms with E-state index in [2.05, 4.69) is 260 Å². The van der Waals surface area contributed by atoms with Gasteiger partial charge in [-0.3, -0.25) is 0 Å². The smallest absolute Gasteiger partial charge is 0.227 e. The molecule has 0 saturated carbocycles. The van der Waals surface area contributed by atoms with Crippen LogP contribution in [-0.2, 0) is 28.2 Å². The van der Waals surface area contributed by atoms with Crippen LogP contribution in [0.2, 0.25) is 0 Å². The van der Waals surface area contributed by atoms with Crippen LogP contribution in [-0.4, -0.2) is 19.9 Å². The number of aromatic nitrogens is 8. The van der Waals surface area contributed by atoms with Crippen LogP contribution in [0.3, 0.4) is 0 Å². The molecule has 0 aliphatic rings. The van der Waals surface area contributed by atoms with Gasteiger partial charge in [-0.1, -0.05) is 141 Å². The van der Waals surface area contributed by atoms with E-state index in [0.29, 0.717) is 61.6 Å². The molecule has 0 fully saturated rings. The maximum absolute atomic E-state index is 8.51. The Morgan fingerprint density at radius 2 is 0.780 bits per heavy atom. The molecule has 0 spiro atoms. The van der Waals surface area contributed by atoms with Gasteiger partial charge in [-0.15, -0.1) is 0 Å². The van der Waals surface area contributed by atoms with Gasteiger partial charge in [0.05, 0.1) is 22.3 Å². The van der Waals surface area contributed by atoms with Gasteiger partial charge in [0, 0.05) is 124 Å². The number of hydrogen-bond acceptors (Lipinski definition) is 8. The molecular formula is C97H86N8O4+4. The summed E-state index contributed by atoms with van der Waals surface area (Å²) in [6.07, 6.45) is 13.6. The van der Waals surface area contributed by atoms with Gasteiger partial charge in [-0.25, -0.2) is 38.2 Å². The Labute approximate surface area is 644 Å². The first-order valence-electron chi connectivity index (χ1n) is 39.9. The average molecular weight is 1430 g/mol. The number of furan rings is 4. The third kappa shape index (κ3) is 13.1. The predicted molar refractivity (Wildman–Crippen MR) is 441 cm³/mol. The van der Waals surface area contributed by atoms with Crippen molar-refractivity contribution in [3.63, 3.8) is 0 Å². The van der Waals surface area contributed by atoms with E-state index in [1.54, 1.807) is 49.9 Å². The molecular weight excluding hydrogens is 1340 g/mol. The maximum atomic E-state index is 8.51. The maximum Gasteiger partial charge on any atom is 0.227 e. The van der Waals surface area contributed by atoms with Gasteiger partial charge >= 0.3 is 0 Å². The molecule has 1 atom stereocenters. The molecule has 534 valence electrons. The van der Waals surface area contributed by atoms with E-state index in [4.69, 9.17) is 27.3 Å². The van der Waals surface area contributed by atoms with Crippen LogP contribution in [0, 0.1) is 55.3 Å². The summed E-state index contributed by atoms with van der Waals surface area (Å²) >= 11 is 0. The Morgan fingerprint density at radius 1 is 0.339 bits per heavy atom. The molecule has 109 heavy (non-hydrogen) atoms. The van der Waals surface area contributed by atoms with Crippen molar-refractivity contribution >= 4 is 88.3 Å². The second-order valence-corrected chi connectivity index (χ2v) is 28.3. The topological polar surface area (TPSA) is 120 Å². The number of hydrogen-bond donors (Lipinski definition) is 0.